The lowest BCUT2D eigenvalue weighted by Gasteiger charge is -2.26. The quantitative estimate of drug-likeness (QED) is 0.843. The number of ether oxygens (including phenoxy) is 1. The van der Waals surface area contributed by atoms with Crippen LogP contribution in [0, 0.1) is 0 Å². The number of carbonyl (C=O) groups excluding carboxylic acids is 2. The van der Waals surface area contributed by atoms with Gasteiger partial charge in [-0.2, -0.15) is 0 Å². The fourth-order valence-electron chi connectivity index (χ4n) is 1.50. The Balaban J connectivity index is 2.81. The van der Waals surface area contributed by atoms with E-state index in [-0.39, 0.29) is 24.9 Å². The average Bonchev–Trinajstić information content (AvgIpc) is 2.37. The number of hydrogen-bond acceptors (Lipinski definition) is 4. The highest BCUT2D eigenvalue weighted by Crippen LogP contribution is 2.18. The molecule has 0 saturated carbocycles. The Hall–Kier alpha value is -2.24. The highest BCUT2D eigenvalue weighted by molar-refractivity contribution is 5.91. The predicted octanol–water partition coefficient (Wildman–Crippen LogP) is 1.79. The summed E-state index contributed by atoms with van der Waals surface area (Å²) >= 11 is 0. The first-order chi connectivity index (χ1) is 8.95. The molecule has 0 fully saturated rings. The van der Waals surface area contributed by atoms with Crippen LogP contribution in [0.25, 0.3) is 0 Å². The number of phenolic OH excluding ortho intramolecular Hbond substituents is 1. The summed E-state index contributed by atoms with van der Waals surface area (Å²) in [5.41, 5.74) is 0.599. The Kier molecular flexibility index (Phi) is 5.17. The number of phenols is 1. The maximum Gasteiger partial charge on any atom is 0.410 e. The number of carbonyl (C=O) groups is 2. The lowest BCUT2D eigenvalue weighted by molar-refractivity contribution is -0.116. The van der Waals surface area contributed by atoms with Gasteiger partial charge in [-0.15, -0.1) is 0 Å². The second kappa shape index (κ2) is 6.63. The van der Waals surface area contributed by atoms with E-state index >= 15 is 0 Å². The van der Waals surface area contributed by atoms with Crippen molar-refractivity contribution in [3.63, 3.8) is 0 Å². The van der Waals surface area contributed by atoms with Gasteiger partial charge in [0.05, 0.1) is 6.61 Å². The van der Waals surface area contributed by atoms with Crippen LogP contribution in [0.3, 0.4) is 0 Å². The van der Waals surface area contributed by atoms with E-state index in [2.05, 4.69) is 0 Å². The number of benzene rings is 1. The summed E-state index contributed by atoms with van der Waals surface area (Å²) in [6, 6.07) is 6.18. The van der Waals surface area contributed by atoms with Crippen molar-refractivity contribution in [3.8, 4) is 5.75 Å². The molecule has 0 aromatic heterocycles. The standard InChI is InChI=1S/C13H18N2O4/c1-4-19-13(18)14(3)9-15(10(2)16)11-5-7-12(17)8-6-11/h5-8,17H,4,9H2,1-3H3. The molecule has 1 N–H and O–H groups in total. The van der Waals surface area contributed by atoms with Gasteiger partial charge < -0.3 is 9.84 Å². The largest absolute Gasteiger partial charge is 0.508 e. The molecular formula is C13H18N2O4. The van der Waals surface area contributed by atoms with Crippen molar-refractivity contribution < 1.29 is 19.4 Å². The number of anilines is 1. The summed E-state index contributed by atoms with van der Waals surface area (Å²) in [5, 5.41) is 9.23. The monoisotopic (exact) mass is 266 g/mol. The van der Waals surface area contributed by atoms with Gasteiger partial charge in [-0.1, -0.05) is 0 Å². The molecule has 0 aliphatic carbocycles. The van der Waals surface area contributed by atoms with Crippen molar-refractivity contribution in [1.29, 1.82) is 0 Å². The van der Waals surface area contributed by atoms with Gasteiger partial charge in [0, 0.05) is 19.7 Å². The molecule has 0 atom stereocenters. The van der Waals surface area contributed by atoms with Crippen molar-refractivity contribution in [1.82, 2.24) is 4.90 Å². The average molecular weight is 266 g/mol. The van der Waals surface area contributed by atoms with Crippen molar-refractivity contribution in [2.45, 2.75) is 13.8 Å². The topological polar surface area (TPSA) is 70.1 Å². The molecule has 0 radical (unpaired) electrons. The summed E-state index contributed by atoms with van der Waals surface area (Å²) in [6.45, 7) is 3.49. The van der Waals surface area contributed by atoms with E-state index in [1.807, 2.05) is 0 Å². The Labute approximate surface area is 112 Å². The summed E-state index contributed by atoms with van der Waals surface area (Å²) < 4.78 is 4.85. The zero-order valence-corrected chi connectivity index (χ0v) is 11.3. The predicted molar refractivity (Wildman–Crippen MR) is 70.9 cm³/mol. The van der Waals surface area contributed by atoms with E-state index in [9.17, 15) is 14.7 Å². The van der Waals surface area contributed by atoms with Crippen LogP contribution in [-0.4, -0.2) is 42.3 Å². The molecule has 2 amide bonds. The summed E-state index contributed by atoms with van der Waals surface area (Å²) in [5.74, 6) is -0.0900. The first-order valence-electron chi connectivity index (χ1n) is 5.90. The molecule has 0 saturated heterocycles. The van der Waals surface area contributed by atoms with Crippen LogP contribution in [-0.2, 0) is 9.53 Å². The van der Waals surface area contributed by atoms with E-state index in [1.165, 1.54) is 28.9 Å². The lowest BCUT2D eigenvalue weighted by Crippen LogP contribution is -2.41. The minimum Gasteiger partial charge on any atom is -0.508 e. The van der Waals surface area contributed by atoms with Crippen LogP contribution < -0.4 is 4.90 Å². The molecule has 0 aliphatic heterocycles. The van der Waals surface area contributed by atoms with Gasteiger partial charge in [-0.25, -0.2) is 4.79 Å². The highest BCUT2D eigenvalue weighted by atomic mass is 16.6. The number of aromatic hydroxyl groups is 1. The van der Waals surface area contributed by atoms with E-state index in [1.54, 1.807) is 26.1 Å². The van der Waals surface area contributed by atoms with Gasteiger partial charge in [0.25, 0.3) is 0 Å². The fraction of sp³-hybridized carbons (Fsp3) is 0.385. The number of hydrogen-bond donors (Lipinski definition) is 1. The van der Waals surface area contributed by atoms with Gasteiger partial charge >= 0.3 is 6.09 Å². The van der Waals surface area contributed by atoms with Gasteiger partial charge in [0.1, 0.15) is 12.4 Å². The maximum atomic E-state index is 11.6. The van der Waals surface area contributed by atoms with Crippen LogP contribution in [0.15, 0.2) is 24.3 Å². The Morgan fingerprint density at radius 1 is 1.26 bits per heavy atom. The molecule has 0 spiro atoms. The summed E-state index contributed by atoms with van der Waals surface area (Å²) in [4.78, 5) is 25.9. The summed E-state index contributed by atoms with van der Waals surface area (Å²) in [6.07, 6.45) is -0.493. The number of nitrogens with zero attached hydrogens (tertiary/aromatic N) is 2. The molecular weight excluding hydrogens is 248 g/mol. The maximum absolute atomic E-state index is 11.6. The molecule has 0 aliphatic rings. The lowest BCUT2D eigenvalue weighted by atomic mass is 10.3. The van der Waals surface area contributed by atoms with Gasteiger partial charge in [-0.3, -0.25) is 14.6 Å². The van der Waals surface area contributed by atoms with Crippen LogP contribution in [0.5, 0.6) is 5.75 Å². The van der Waals surface area contributed by atoms with Gasteiger partial charge in [0.2, 0.25) is 5.91 Å². The first-order valence-corrected chi connectivity index (χ1v) is 5.90. The van der Waals surface area contributed by atoms with E-state index in [4.69, 9.17) is 4.74 Å². The molecule has 1 rings (SSSR count). The summed E-state index contributed by atoms with van der Waals surface area (Å²) in [7, 11) is 1.55. The molecule has 1 aromatic rings. The van der Waals surface area contributed by atoms with Crippen LogP contribution in [0.1, 0.15) is 13.8 Å². The second-order valence-corrected chi connectivity index (χ2v) is 4.00. The smallest absolute Gasteiger partial charge is 0.410 e. The SMILES string of the molecule is CCOC(=O)N(C)CN(C(C)=O)c1ccc(O)cc1. The number of rotatable bonds is 4. The third kappa shape index (κ3) is 4.17. The minimum atomic E-state index is -0.493. The van der Waals surface area contributed by atoms with Crippen LogP contribution >= 0.6 is 0 Å². The third-order valence-electron chi connectivity index (χ3n) is 2.47. The number of amides is 2. The minimum absolute atomic E-state index is 0.0823. The van der Waals surface area contributed by atoms with Crippen molar-refractivity contribution in [2.24, 2.45) is 0 Å². The van der Waals surface area contributed by atoms with Crippen LogP contribution in [0.2, 0.25) is 0 Å². The molecule has 19 heavy (non-hydrogen) atoms. The van der Waals surface area contributed by atoms with E-state index in [0.717, 1.165) is 0 Å². The van der Waals surface area contributed by atoms with Crippen molar-refractivity contribution >= 4 is 17.7 Å². The third-order valence-corrected chi connectivity index (χ3v) is 2.47. The van der Waals surface area contributed by atoms with E-state index < -0.39 is 6.09 Å². The zero-order valence-electron chi connectivity index (χ0n) is 11.3. The van der Waals surface area contributed by atoms with Crippen molar-refractivity contribution in [3.05, 3.63) is 24.3 Å². The molecule has 0 heterocycles. The molecule has 0 bridgehead atoms. The molecule has 0 unspecified atom stereocenters. The first kappa shape index (κ1) is 14.8. The Morgan fingerprint density at radius 2 is 1.84 bits per heavy atom. The second-order valence-electron chi connectivity index (χ2n) is 4.00. The van der Waals surface area contributed by atoms with Gasteiger partial charge in [-0.05, 0) is 31.2 Å². The zero-order chi connectivity index (χ0) is 14.4. The van der Waals surface area contributed by atoms with E-state index in [0.29, 0.717) is 5.69 Å². The normalized spacial score (nSPS) is 9.84. The molecule has 6 heteroatoms. The van der Waals surface area contributed by atoms with Crippen molar-refractivity contribution in [2.75, 3.05) is 25.2 Å². The Bertz CT molecular complexity index is 444. The molecule has 1 aromatic carbocycles. The van der Waals surface area contributed by atoms with Gasteiger partial charge in [0.15, 0.2) is 0 Å². The highest BCUT2D eigenvalue weighted by Gasteiger charge is 2.17. The molecule has 6 nitrogen and oxygen atoms in total. The fourth-order valence-corrected chi connectivity index (χ4v) is 1.50. The Morgan fingerprint density at radius 3 is 2.32 bits per heavy atom. The van der Waals surface area contributed by atoms with Crippen LogP contribution in [0.4, 0.5) is 10.5 Å². The molecule has 104 valence electrons.